The van der Waals surface area contributed by atoms with E-state index in [0.717, 1.165) is 21.0 Å². The topological polar surface area (TPSA) is 34.1 Å². The smallest absolute Gasteiger partial charge is 0.188 e. The number of nitrogens with zero attached hydrogens (tertiary/aromatic N) is 1. The van der Waals surface area contributed by atoms with Gasteiger partial charge in [-0.1, -0.05) is 11.6 Å². The van der Waals surface area contributed by atoms with E-state index in [0.29, 0.717) is 10.8 Å². The molecule has 1 aromatic carbocycles. The lowest BCUT2D eigenvalue weighted by atomic mass is 10.2. The minimum Gasteiger partial charge on any atom is -0.495 e. The lowest BCUT2D eigenvalue weighted by Gasteiger charge is -2.11. The zero-order valence-electron chi connectivity index (χ0n) is 9.25. The number of aryl methyl sites for hydroxylation is 1. The second kappa shape index (κ2) is 5.25. The van der Waals surface area contributed by atoms with Crippen molar-refractivity contribution in [3.8, 4) is 5.75 Å². The number of thiazole rings is 1. The standard InChI is InChI=1S/C11H10BrClN2OS/c1-6-3-8(9(16-2)4-7(6)13)14-11-15-10(12)5-17-11/h3-5H,1-2H3,(H,14,15). The van der Waals surface area contributed by atoms with Crippen LogP contribution < -0.4 is 10.1 Å². The Hall–Kier alpha value is -0.780. The summed E-state index contributed by atoms with van der Waals surface area (Å²) in [5.41, 5.74) is 1.85. The summed E-state index contributed by atoms with van der Waals surface area (Å²) in [6.07, 6.45) is 0. The Balaban J connectivity index is 2.34. The van der Waals surface area contributed by atoms with Crippen molar-refractivity contribution in [3.63, 3.8) is 0 Å². The summed E-state index contributed by atoms with van der Waals surface area (Å²) in [5.74, 6) is 0.701. The first-order chi connectivity index (χ1) is 8.10. The third kappa shape index (κ3) is 2.91. The van der Waals surface area contributed by atoms with Crippen molar-refractivity contribution in [2.75, 3.05) is 12.4 Å². The molecule has 2 rings (SSSR count). The Morgan fingerprint density at radius 2 is 2.24 bits per heavy atom. The van der Waals surface area contributed by atoms with Crippen LogP contribution in [0.1, 0.15) is 5.56 Å². The number of anilines is 2. The highest BCUT2D eigenvalue weighted by molar-refractivity contribution is 9.10. The van der Waals surface area contributed by atoms with E-state index < -0.39 is 0 Å². The first-order valence-electron chi connectivity index (χ1n) is 4.82. The highest BCUT2D eigenvalue weighted by Gasteiger charge is 2.08. The molecule has 17 heavy (non-hydrogen) atoms. The molecule has 2 aromatic rings. The van der Waals surface area contributed by atoms with Crippen molar-refractivity contribution >= 4 is 49.7 Å². The van der Waals surface area contributed by atoms with Gasteiger partial charge in [-0.05, 0) is 34.5 Å². The van der Waals surface area contributed by atoms with E-state index in [4.69, 9.17) is 16.3 Å². The molecule has 90 valence electrons. The summed E-state index contributed by atoms with van der Waals surface area (Å²) in [5, 5.41) is 6.61. The van der Waals surface area contributed by atoms with Gasteiger partial charge < -0.3 is 10.1 Å². The van der Waals surface area contributed by atoms with Gasteiger partial charge >= 0.3 is 0 Å². The summed E-state index contributed by atoms with van der Waals surface area (Å²) in [6, 6.07) is 3.73. The first-order valence-corrected chi connectivity index (χ1v) is 6.87. The van der Waals surface area contributed by atoms with Crippen molar-refractivity contribution < 1.29 is 4.74 Å². The average molecular weight is 334 g/mol. The van der Waals surface area contributed by atoms with Crippen LogP contribution in [0.3, 0.4) is 0 Å². The second-order valence-electron chi connectivity index (χ2n) is 3.40. The van der Waals surface area contributed by atoms with Crippen LogP contribution in [0.25, 0.3) is 0 Å². The molecule has 0 bridgehead atoms. The summed E-state index contributed by atoms with van der Waals surface area (Å²) in [7, 11) is 1.62. The molecule has 0 saturated carbocycles. The van der Waals surface area contributed by atoms with Crippen molar-refractivity contribution in [2.45, 2.75) is 6.92 Å². The van der Waals surface area contributed by atoms with Crippen LogP contribution in [0.15, 0.2) is 22.1 Å². The molecule has 0 saturated heterocycles. The van der Waals surface area contributed by atoms with E-state index >= 15 is 0 Å². The van der Waals surface area contributed by atoms with Gasteiger partial charge in [0.25, 0.3) is 0 Å². The molecular formula is C11H10BrClN2OS. The van der Waals surface area contributed by atoms with Gasteiger partial charge in [-0.2, -0.15) is 0 Å². The maximum atomic E-state index is 6.04. The minimum atomic E-state index is 0.688. The van der Waals surface area contributed by atoms with Gasteiger partial charge in [-0.3, -0.25) is 0 Å². The molecular weight excluding hydrogens is 324 g/mol. The Labute approximate surface area is 117 Å². The van der Waals surface area contributed by atoms with Gasteiger partial charge in [0.2, 0.25) is 0 Å². The average Bonchev–Trinajstić information content (AvgIpc) is 2.69. The van der Waals surface area contributed by atoms with Crippen LogP contribution in [0, 0.1) is 6.92 Å². The molecule has 1 heterocycles. The monoisotopic (exact) mass is 332 g/mol. The van der Waals surface area contributed by atoms with Crippen LogP contribution >= 0.6 is 38.9 Å². The molecule has 0 atom stereocenters. The summed E-state index contributed by atoms with van der Waals surface area (Å²) < 4.78 is 6.09. The second-order valence-corrected chi connectivity index (χ2v) is 5.48. The number of hydrogen-bond acceptors (Lipinski definition) is 4. The molecule has 0 aliphatic rings. The first kappa shape index (κ1) is 12.7. The fourth-order valence-electron chi connectivity index (χ4n) is 1.36. The lowest BCUT2D eigenvalue weighted by molar-refractivity contribution is 0.417. The Kier molecular flexibility index (Phi) is 3.91. The molecule has 0 fully saturated rings. The van der Waals surface area contributed by atoms with E-state index in [1.807, 2.05) is 18.4 Å². The predicted molar refractivity (Wildman–Crippen MR) is 75.8 cm³/mol. The summed E-state index contributed by atoms with van der Waals surface area (Å²) in [4.78, 5) is 4.27. The SMILES string of the molecule is COc1cc(Cl)c(C)cc1Nc1nc(Br)cs1. The minimum absolute atomic E-state index is 0.688. The maximum absolute atomic E-state index is 6.04. The fourth-order valence-corrected chi connectivity index (χ4v) is 2.67. The van der Waals surface area contributed by atoms with Gasteiger partial charge in [-0.25, -0.2) is 4.98 Å². The third-order valence-corrected chi connectivity index (χ3v) is 4.07. The Morgan fingerprint density at radius 3 is 2.82 bits per heavy atom. The molecule has 0 aliphatic heterocycles. The van der Waals surface area contributed by atoms with E-state index in [1.54, 1.807) is 13.2 Å². The largest absolute Gasteiger partial charge is 0.495 e. The summed E-state index contributed by atoms with van der Waals surface area (Å²) in [6.45, 7) is 1.95. The molecule has 0 amide bonds. The number of methoxy groups -OCH3 is 1. The molecule has 1 aromatic heterocycles. The molecule has 0 unspecified atom stereocenters. The fraction of sp³-hybridized carbons (Fsp3) is 0.182. The van der Waals surface area contributed by atoms with E-state index in [1.165, 1.54) is 11.3 Å². The Bertz CT molecular complexity index is 544. The van der Waals surface area contributed by atoms with E-state index in [9.17, 15) is 0 Å². The van der Waals surface area contributed by atoms with Crippen molar-refractivity contribution in [3.05, 3.63) is 32.7 Å². The quantitative estimate of drug-likeness (QED) is 0.890. The summed E-state index contributed by atoms with van der Waals surface area (Å²) >= 11 is 10.9. The number of halogens is 2. The third-order valence-electron chi connectivity index (χ3n) is 2.20. The van der Waals surface area contributed by atoms with Crippen molar-refractivity contribution in [1.29, 1.82) is 0 Å². The molecule has 1 N–H and O–H groups in total. The van der Waals surface area contributed by atoms with Gasteiger partial charge in [0.1, 0.15) is 10.4 Å². The van der Waals surface area contributed by atoms with Gasteiger partial charge in [0, 0.05) is 16.5 Å². The number of hydrogen-bond donors (Lipinski definition) is 1. The number of ether oxygens (including phenoxy) is 1. The van der Waals surface area contributed by atoms with Gasteiger partial charge in [0.15, 0.2) is 5.13 Å². The van der Waals surface area contributed by atoms with Crippen LogP contribution in [-0.4, -0.2) is 12.1 Å². The Morgan fingerprint density at radius 1 is 1.47 bits per heavy atom. The zero-order chi connectivity index (χ0) is 12.4. The van der Waals surface area contributed by atoms with Crippen molar-refractivity contribution in [1.82, 2.24) is 4.98 Å². The highest BCUT2D eigenvalue weighted by Crippen LogP contribution is 2.34. The molecule has 6 heteroatoms. The molecule has 0 spiro atoms. The molecule has 0 aliphatic carbocycles. The van der Waals surface area contributed by atoms with Crippen LogP contribution in [-0.2, 0) is 0 Å². The van der Waals surface area contributed by atoms with Crippen molar-refractivity contribution in [2.24, 2.45) is 0 Å². The lowest BCUT2D eigenvalue weighted by Crippen LogP contribution is -1.95. The highest BCUT2D eigenvalue weighted by atomic mass is 79.9. The number of rotatable bonds is 3. The van der Waals surface area contributed by atoms with Crippen LogP contribution in [0.5, 0.6) is 5.75 Å². The predicted octanol–water partition coefficient (Wildman–Crippen LogP) is 4.62. The molecule has 0 radical (unpaired) electrons. The molecule has 3 nitrogen and oxygen atoms in total. The maximum Gasteiger partial charge on any atom is 0.188 e. The zero-order valence-corrected chi connectivity index (χ0v) is 12.4. The van der Waals surface area contributed by atoms with Crippen LogP contribution in [0.2, 0.25) is 5.02 Å². The van der Waals surface area contributed by atoms with E-state index in [2.05, 4.69) is 26.2 Å². The number of benzene rings is 1. The van der Waals surface area contributed by atoms with Gasteiger partial charge in [-0.15, -0.1) is 11.3 Å². The normalized spacial score (nSPS) is 10.4. The van der Waals surface area contributed by atoms with E-state index in [-0.39, 0.29) is 0 Å². The number of aromatic nitrogens is 1. The number of nitrogens with one attached hydrogen (secondary N) is 1. The van der Waals surface area contributed by atoms with Gasteiger partial charge in [0.05, 0.1) is 12.8 Å². The van der Waals surface area contributed by atoms with Crippen LogP contribution in [0.4, 0.5) is 10.8 Å².